The highest BCUT2D eigenvalue weighted by Crippen LogP contribution is 2.34. The SMILES string of the molecule is CC(=O)Cn1cnc2c1c(=O)n(C)c(=O)n2C1CC1. The summed E-state index contributed by atoms with van der Waals surface area (Å²) in [6.07, 6.45) is 3.30. The highest BCUT2D eigenvalue weighted by Gasteiger charge is 2.29. The lowest BCUT2D eigenvalue weighted by Gasteiger charge is -2.08. The summed E-state index contributed by atoms with van der Waals surface area (Å²) in [5.74, 6) is -0.0643. The van der Waals surface area contributed by atoms with Gasteiger partial charge in [-0.3, -0.25) is 18.7 Å². The first kappa shape index (κ1) is 11.9. The van der Waals surface area contributed by atoms with Crippen LogP contribution in [0.25, 0.3) is 11.2 Å². The lowest BCUT2D eigenvalue weighted by atomic mass is 10.4. The molecule has 0 amide bonds. The minimum absolute atomic E-state index is 0.0643. The van der Waals surface area contributed by atoms with Crippen LogP contribution in [0, 0.1) is 0 Å². The normalized spacial score (nSPS) is 15.1. The molecule has 0 saturated heterocycles. The lowest BCUT2D eigenvalue weighted by Crippen LogP contribution is -2.38. The maximum atomic E-state index is 12.2. The van der Waals surface area contributed by atoms with E-state index in [0.29, 0.717) is 11.2 Å². The third-order valence-corrected chi connectivity index (χ3v) is 3.35. The number of hydrogen-bond acceptors (Lipinski definition) is 4. The Kier molecular flexibility index (Phi) is 2.44. The second kappa shape index (κ2) is 3.91. The van der Waals surface area contributed by atoms with E-state index in [4.69, 9.17) is 0 Å². The minimum Gasteiger partial charge on any atom is -0.317 e. The Morgan fingerprint density at radius 2 is 2.11 bits per heavy atom. The topological polar surface area (TPSA) is 78.9 Å². The first-order valence-corrected chi connectivity index (χ1v) is 6.16. The molecule has 100 valence electrons. The average molecular weight is 262 g/mol. The first-order valence-electron chi connectivity index (χ1n) is 6.16. The van der Waals surface area contributed by atoms with Crippen LogP contribution in [-0.4, -0.2) is 24.5 Å². The number of carbonyl (C=O) groups excluding carboxylic acids is 1. The summed E-state index contributed by atoms with van der Waals surface area (Å²) in [6.45, 7) is 1.54. The fourth-order valence-corrected chi connectivity index (χ4v) is 2.29. The highest BCUT2D eigenvalue weighted by molar-refractivity contribution is 5.78. The van der Waals surface area contributed by atoms with Gasteiger partial charge in [0.2, 0.25) is 0 Å². The van der Waals surface area contributed by atoms with Gasteiger partial charge in [-0.2, -0.15) is 0 Å². The molecule has 1 aliphatic carbocycles. The molecule has 0 aliphatic heterocycles. The number of hydrogen-bond donors (Lipinski definition) is 0. The van der Waals surface area contributed by atoms with E-state index < -0.39 is 5.56 Å². The molecule has 7 heteroatoms. The van der Waals surface area contributed by atoms with E-state index in [-0.39, 0.29) is 24.1 Å². The molecule has 0 aromatic carbocycles. The highest BCUT2D eigenvalue weighted by atomic mass is 16.2. The van der Waals surface area contributed by atoms with Crippen molar-refractivity contribution in [3.63, 3.8) is 0 Å². The minimum atomic E-state index is -0.407. The number of rotatable bonds is 3. The quantitative estimate of drug-likeness (QED) is 0.768. The monoisotopic (exact) mass is 262 g/mol. The summed E-state index contributed by atoms with van der Waals surface area (Å²) in [5.41, 5.74) is -0.0372. The molecule has 0 bridgehead atoms. The molecule has 2 aromatic rings. The van der Waals surface area contributed by atoms with Gasteiger partial charge in [0.25, 0.3) is 5.56 Å². The van der Waals surface area contributed by atoms with E-state index >= 15 is 0 Å². The van der Waals surface area contributed by atoms with E-state index in [9.17, 15) is 14.4 Å². The summed E-state index contributed by atoms with van der Waals surface area (Å²) in [7, 11) is 1.45. The largest absolute Gasteiger partial charge is 0.332 e. The molecule has 2 aromatic heterocycles. The van der Waals surface area contributed by atoms with Gasteiger partial charge in [-0.25, -0.2) is 9.78 Å². The number of ketones is 1. The average Bonchev–Trinajstić information content (AvgIpc) is 3.09. The third-order valence-electron chi connectivity index (χ3n) is 3.35. The summed E-state index contributed by atoms with van der Waals surface area (Å²) in [4.78, 5) is 39.7. The van der Waals surface area contributed by atoms with Gasteiger partial charge < -0.3 is 4.57 Å². The van der Waals surface area contributed by atoms with Gasteiger partial charge >= 0.3 is 5.69 Å². The summed E-state index contributed by atoms with van der Waals surface area (Å²) in [5, 5.41) is 0. The van der Waals surface area contributed by atoms with Gasteiger partial charge in [-0.15, -0.1) is 0 Å². The number of carbonyl (C=O) groups is 1. The van der Waals surface area contributed by atoms with E-state index in [0.717, 1.165) is 17.4 Å². The summed E-state index contributed by atoms with van der Waals surface area (Å²) < 4.78 is 4.16. The van der Waals surface area contributed by atoms with Gasteiger partial charge in [0.05, 0.1) is 12.9 Å². The molecule has 2 heterocycles. The molecule has 0 spiro atoms. The Labute approximate surface area is 108 Å². The molecular formula is C12H14N4O3. The number of Topliss-reactive ketones (excluding diaryl/α,β-unsaturated/α-hetero) is 1. The van der Waals surface area contributed by atoms with Crippen LogP contribution in [-0.2, 0) is 18.4 Å². The van der Waals surface area contributed by atoms with Crippen LogP contribution in [0.5, 0.6) is 0 Å². The van der Waals surface area contributed by atoms with Gasteiger partial charge in [-0.05, 0) is 19.8 Å². The molecule has 0 atom stereocenters. The Morgan fingerprint density at radius 3 is 2.68 bits per heavy atom. The van der Waals surface area contributed by atoms with Crippen LogP contribution in [0.4, 0.5) is 0 Å². The third kappa shape index (κ3) is 1.73. The van der Waals surface area contributed by atoms with Gasteiger partial charge in [0, 0.05) is 13.1 Å². The molecule has 3 rings (SSSR count). The molecular weight excluding hydrogens is 248 g/mol. The van der Waals surface area contributed by atoms with Crippen molar-refractivity contribution in [2.75, 3.05) is 0 Å². The number of fused-ring (bicyclic) bond motifs is 1. The zero-order valence-electron chi connectivity index (χ0n) is 10.8. The number of nitrogens with zero attached hydrogens (tertiary/aromatic N) is 4. The standard InChI is InChI=1S/C12H14N4O3/c1-7(17)5-15-6-13-10-9(15)11(18)14(2)12(19)16(10)8-3-4-8/h6,8H,3-5H2,1-2H3. The Morgan fingerprint density at radius 1 is 1.42 bits per heavy atom. The molecule has 7 nitrogen and oxygen atoms in total. The van der Waals surface area contributed by atoms with Crippen molar-refractivity contribution in [1.29, 1.82) is 0 Å². The van der Waals surface area contributed by atoms with E-state index in [2.05, 4.69) is 4.98 Å². The molecule has 0 radical (unpaired) electrons. The van der Waals surface area contributed by atoms with Crippen molar-refractivity contribution in [3.8, 4) is 0 Å². The van der Waals surface area contributed by atoms with Crippen molar-refractivity contribution in [2.45, 2.75) is 32.4 Å². The maximum absolute atomic E-state index is 12.2. The van der Waals surface area contributed by atoms with E-state index in [1.54, 1.807) is 4.57 Å². The van der Waals surface area contributed by atoms with Crippen LogP contribution in [0.3, 0.4) is 0 Å². The lowest BCUT2D eigenvalue weighted by molar-refractivity contribution is -0.117. The molecule has 1 fully saturated rings. The van der Waals surface area contributed by atoms with Crippen molar-refractivity contribution >= 4 is 16.9 Å². The zero-order valence-corrected chi connectivity index (χ0v) is 10.8. The number of aromatic nitrogens is 4. The van der Waals surface area contributed by atoms with Gasteiger partial charge in [0.1, 0.15) is 5.78 Å². The molecule has 1 aliphatic rings. The van der Waals surface area contributed by atoms with Crippen molar-refractivity contribution < 1.29 is 4.79 Å². The Hall–Kier alpha value is -2.18. The molecule has 19 heavy (non-hydrogen) atoms. The van der Waals surface area contributed by atoms with E-state index in [1.165, 1.54) is 24.9 Å². The van der Waals surface area contributed by atoms with Crippen molar-refractivity contribution in [1.82, 2.24) is 18.7 Å². The van der Waals surface area contributed by atoms with Crippen molar-refractivity contribution in [3.05, 3.63) is 27.2 Å². The second-order valence-corrected chi connectivity index (χ2v) is 4.99. The zero-order chi connectivity index (χ0) is 13.7. The van der Waals surface area contributed by atoms with E-state index in [1.807, 2.05) is 0 Å². The predicted molar refractivity (Wildman–Crippen MR) is 68.2 cm³/mol. The summed E-state index contributed by atoms with van der Waals surface area (Å²) >= 11 is 0. The fraction of sp³-hybridized carbons (Fsp3) is 0.500. The fourth-order valence-electron chi connectivity index (χ4n) is 2.29. The first-order chi connectivity index (χ1) is 9.00. The van der Waals surface area contributed by atoms with Crippen LogP contribution in [0.15, 0.2) is 15.9 Å². The molecule has 1 saturated carbocycles. The Balaban J connectivity index is 2.38. The van der Waals surface area contributed by atoms with Crippen LogP contribution in [0.1, 0.15) is 25.8 Å². The van der Waals surface area contributed by atoms with Crippen LogP contribution >= 0.6 is 0 Å². The van der Waals surface area contributed by atoms with Crippen LogP contribution < -0.4 is 11.2 Å². The molecule has 0 N–H and O–H groups in total. The van der Waals surface area contributed by atoms with Gasteiger partial charge in [0.15, 0.2) is 11.2 Å². The second-order valence-electron chi connectivity index (χ2n) is 4.99. The van der Waals surface area contributed by atoms with Crippen molar-refractivity contribution in [2.24, 2.45) is 7.05 Å². The van der Waals surface area contributed by atoms with Gasteiger partial charge in [-0.1, -0.05) is 0 Å². The Bertz CT molecular complexity index is 792. The predicted octanol–water partition coefficient (Wildman–Crippen LogP) is -0.179. The van der Waals surface area contributed by atoms with Crippen LogP contribution in [0.2, 0.25) is 0 Å². The molecule has 0 unspecified atom stereocenters. The maximum Gasteiger partial charge on any atom is 0.332 e. The smallest absolute Gasteiger partial charge is 0.317 e. The summed E-state index contributed by atoms with van der Waals surface area (Å²) in [6, 6.07) is 0.127. The number of imidazole rings is 1.